The number of aryl methyl sites for hydroxylation is 1. The first-order chi connectivity index (χ1) is 9.65. The average Bonchev–Trinajstić information content (AvgIpc) is 3.29. The van der Waals surface area contributed by atoms with Crippen LogP contribution in [0.5, 0.6) is 0 Å². The van der Waals surface area contributed by atoms with E-state index in [2.05, 4.69) is 30.4 Å². The monoisotopic (exact) mass is 272 g/mol. The van der Waals surface area contributed by atoms with Gasteiger partial charge in [-0.3, -0.25) is 4.79 Å². The maximum atomic E-state index is 12.8. The van der Waals surface area contributed by atoms with Crippen LogP contribution in [0.25, 0.3) is 0 Å². The molecule has 0 bridgehead atoms. The number of hydrogen-bond acceptors (Lipinski definition) is 2. The number of nitrogens with two attached hydrogens (primary N) is 1. The molecule has 0 spiro atoms. The number of carbonyl (C=O) groups is 1. The van der Waals surface area contributed by atoms with Crippen molar-refractivity contribution in [1.82, 2.24) is 5.32 Å². The summed E-state index contributed by atoms with van der Waals surface area (Å²) in [7, 11) is 0. The Morgan fingerprint density at radius 3 is 2.90 bits per heavy atom. The highest BCUT2D eigenvalue weighted by atomic mass is 16.2. The summed E-state index contributed by atoms with van der Waals surface area (Å²) in [6.45, 7) is 2.63. The largest absolute Gasteiger partial charge is 0.351 e. The molecule has 1 saturated carbocycles. The van der Waals surface area contributed by atoms with Crippen molar-refractivity contribution in [2.45, 2.75) is 50.5 Å². The molecule has 1 amide bonds. The molecule has 0 radical (unpaired) electrons. The highest BCUT2D eigenvalue weighted by Gasteiger charge is 2.41. The van der Waals surface area contributed by atoms with Crippen molar-refractivity contribution < 1.29 is 4.79 Å². The Morgan fingerprint density at radius 2 is 2.20 bits per heavy atom. The summed E-state index contributed by atoms with van der Waals surface area (Å²) in [6.07, 6.45) is 5.50. The predicted molar refractivity (Wildman–Crippen MR) is 80.4 cm³/mol. The standard InChI is InChI=1S/C17H24N2O/c1-17(16(20)19-15(11-18)13-8-9-13)10-4-6-12-5-2-3-7-14(12)17/h2-3,5,7,13,15H,4,6,8-11,18H2,1H3,(H,19,20). The Labute approximate surface area is 120 Å². The number of rotatable bonds is 4. The second-order valence-electron chi connectivity index (χ2n) is 6.50. The maximum absolute atomic E-state index is 12.8. The van der Waals surface area contributed by atoms with Crippen LogP contribution in [-0.4, -0.2) is 18.5 Å². The lowest BCUT2D eigenvalue weighted by Crippen LogP contribution is -2.51. The minimum absolute atomic E-state index is 0.159. The topological polar surface area (TPSA) is 55.1 Å². The normalized spacial score (nSPS) is 26.7. The van der Waals surface area contributed by atoms with Crippen LogP contribution in [0, 0.1) is 5.92 Å². The van der Waals surface area contributed by atoms with Gasteiger partial charge in [0.1, 0.15) is 0 Å². The van der Waals surface area contributed by atoms with E-state index in [9.17, 15) is 4.79 Å². The van der Waals surface area contributed by atoms with Gasteiger partial charge in [-0.05, 0) is 56.1 Å². The van der Waals surface area contributed by atoms with E-state index >= 15 is 0 Å². The van der Waals surface area contributed by atoms with Crippen molar-refractivity contribution in [3.05, 3.63) is 35.4 Å². The minimum atomic E-state index is -0.392. The van der Waals surface area contributed by atoms with Crippen molar-refractivity contribution in [2.24, 2.45) is 11.7 Å². The van der Waals surface area contributed by atoms with Crippen molar-refractivity contribution >= 4 is 5.91 Å². The molecule has 3 heteroatoms. The summed E-state index contributed by atoms with van der Waals surface area (Å²) < 4.78 is 0. The quantitative estimate of drug-likeness (QED) is 0.882. The van der Waals surface area contributed by atoms with E-state index < -0.39 is 5.41 Å². The minimum Gasteiger partial charge on any atom is -0.351 e. The third-order valence-electron chi connectivity index (χ3n) is 5.00. The summed E-state index contributed by atoms with van der Waals surface area (Å²) in [4.78, 5) is 12.8. The van der Waals surface area contributed by atoms with Gasteiger partial charge in [-0.25, -0.2) is 0 Å². The highest BCUT2D eigenvalue weighted by molar-refractivity contribution is 5.88. The Morgan fingerprint density at radius 1 is 1.45 bits per heavy atom. The number of fused-ring (bicyclic) bond motifs is 1. The van der Waals surface area contributed by atoms with Crippen molar-refractivity contribution in [2.75, 3.05) is 6.54 Å². The zero-order valence-corrected chi connectivity index (χ0v) is 12.2. The molecular formula is C17H24N2O. The summed E-state index contributed by atoms with van der Waals surface area (Å²) >= 11 is 0. The zero-order valence-electron chi connectivity index (χ0n) is 12.2. The van der Waals surface area contributed by atoms with Gasteiger partial charge in [0.15, 0.2) is 0 Å². The van der Waals surface area contributed by atoms with Gasteiger partial charge in [0.2, 0.25) is 5.91 Å². The van der Waals surface area contributed by atoms with Crippen LogP contribution in [0.1, 0.15) is 43.7 Å². The lowest BCUT2D eigenvalue weighted by molar-refractivity contribution is -0.127. The summed E-state index contributed by atoms with van der Waals surface area (Å²) in [5.41, 5.74) is 7.95. The number of amides is 1. The summed E-state index contributed by atoms with van der Waals surface area (Å²) in [6, 6.07) is 8.53. The predicted octanol–water partition coefficient (Wildman–Crippen LogP) is 2.13. The van der Waals surface area contributed by atoms with Crippen LogP contribution >= 0.6 is 0 Å². The van der Waals surface area contributed by atoms with Gasteiger partial charge < -0.3 is 11.1 Å². The molecule has 1 aromatic carbocycles. The van der Waals surface area contributed by atoms with E-state index in [1.54, 1.807) is 0 Å². The van der Waals surface area contributed by atoms with Crippen LogP contribution in [0.15, 0.2) is 24.3 Å². The van der Waals surface area contributed by atoms with E-state index in [1.165, 1.54) is 24.0 Å². The molecule has 2 aliphatic rings. The molecule has 0 aromatic heterocycles. The molecule has 0 heterocycles. The average molecular weight is 272 g/mol. The molecule has 2 aliphatic carbocycles. The molecular weight excluding hydrogens is 248 g/mol. The number of nitrogens with one attached hydrogen (secondary N) is 1. The molecule has 1 aromatic rings. The van der Waals surface area contributed by atoms with Crippen LogP contribution < -0.4 is 11.1 Å². The van der Waals surface area contributed by atoms with Crippen molar-refractivity contribution in [1.29, 1.82) is 0 Å². The fourth-order valence-corrected chi connectivity index (χ4v) is 3.47. The Hall–Kier alpha value is -1.35. The van der Waals surface area contributed by atoms with Crippen LogP contribution in [-0.2, 0) is 16.6 Å². The van der Waals surface area contributed by atoms with E-state index in [-0.39, 0.29) is 11.9 Å². The zero-order chi connectivity index (χ0) is 14.2. The Bertz CT molecular complexity index is 509. The third-order valence-corrected chi connectivity index (χ3v) is 5.00. The number of benzene rings is 1. The van der Waals surface area contributed by atoms with Gasteiger partial charge in [0, 0.05) is 12.6 Å². The molecule has 1 fully saturated rings. The molecule has 3 rings (SSSR count). The second-order valence-corrected chi connectivity index (χ2v) is 6.50. The Kier molecular flexibility index (Phi) is 3.55. The molecule has 20 heavy (non-hydrogen) atoms. The molecule has 0 aliphatic heterocycles. The molecule has 3 nitrogen and oxygen atoms in total. The Balaban J connectivity index is 1.83. The number of carbonyl (C=O) groups excluding carboxylic acids is 1. The van der Waals surface area contributed by atoms with E-state index in [0.29, 0.717) is 12.5 Å². The summed E-state index contributed by atoms with van der Waals surface area (Å²) in [5.74, 6) is 0.762. The lowest BCUT2D eigenvalue weighted by Gasteiger charge is -2.36. The third kappa shape index (κ3) is 2.35. The van der Waals surface area contributed by atoms with Crippen LogP contribution in [0.2, 0.25) is 0 Å². The molecule has 108 valence electrons. The van der Waals surface area contributed by atoms with Gasteiger partial charge in [-0.2, -0.15) is 0 Å². The SMILES string of the molecule is CC1(C(=O)NC(CN)C2CC2)CCCc2ccccc21. The van der Waals surface area contributed by atoms with E-state index in [4.69, 9.17) is 5.73 Å². The van der Waals surface area contributed by atoms with Gasteiger partial charge in [-0.1, -0.05) is 24.3 Å². The van der Waals surface area contributed by atoms with Crippen molar-refractivity contribution in [3.63, 3.8) is 0 Å². The summed E-state index contributed by atoms with van der Waals surface area (Å²) in [5, 5.41) is 3.22. The van der Waals surface area contributed by atoms with E-state index in [1.807, 2.05) is 6.07 Å². The maximum Gasteiger partial charge on any atom is 0.230 e. The molecule has 2 atom stereocenters. The first-order valence-electron chi connectivity index (χ1n) is 7.74. The van der Waals surface area contributed by atoms with Crippen LogP contribution in [0.4, 0.5) is 0 Å². The van der Waals surface area contributed by atoms with Gasteiger partial charge >= 0.3 is 0 Å². The van der Waals surface area contributed by atoms with Gasteiger partial charge in [0.05, 0.1) is 5.41 Å². The molecule has 3 N–H and O–H groups in total. The van der Waals surface area contributed by atoms with E-state index in [0.717, 1.165) is 19.3 Å². The smallest absolute Gasteiger partial charge is 0.230 e. The van der Waals surface area contributed by atoms with Crippen molar-refractivity contribution in [3.8, 4) is 0 Å². The fourth-order valence-electron chi connectivity index (χ4n) is 3.47. The van der Waals surface area contributed by atoms with Gasteiger partial charge in [-0.15, -0.1) is 0 Å². The highest BCUT2D eigenvalue weighted by Crippen LogP contribution is 2.38. The first kappa shape index (κ1) is 13.6. The van der Waals surface area contributed by atoms with Gasteiger partial charge in [0.25, 0.3) is 0 Å². The molecule has 2 unspecified atom stereocenters. The first-order valence-corrected chi connectivity index (χ1v) is 7.74. The fraction of sp³-hybridized carbons (Fsp3) is 0.588. The second kappa shape index (κ2) is 5.21. The lowest BCUT2D eigenvalue weighted by atomic mass is 9.70. The number of hydrogen-bond donors (Lipinski definition) is 2. The molecule has 0 saturated heterocycles. The van der Waals surface area contributed by atoms with Crippen LogP contribution in [0.3, 0.4) is 0 Å².